The summed E-state index contributed by atoms with van der Waals surface area (Å²) in [6.45, 7) is 11.8. The second-order valence-corrected chi connectivity index (χ2v) is 11.7. The van der Waals surface area contributed by atoms with Gasteiger partial charge in [-0.1, -0.05) is 39.0 Å². The molecule has 0 radical (unpaired) electrons. The van der Waals surface area contributed by atoms with Gasteiger partial charge in [0.1, 0.15) is 6.10 Å². The van der Waals surface area contributed by atoms with Gasteiger partial charge >= 0.3 is 5.97 Å². The van der Waals surface area contributed by atoms with Gasteiger partial charge in [-0.15, -0.1) is 0 Å². The summed E-state index contributed by atoms with van der Waals surface area (Å²) < 4.78 is 11.6. The second kappa shape index (κ2) is 5.33. The fourth-order valence-corrected chi connectivity index (χ4v) is 3.13. The first-order chi connectivity index (χ1) is 9.22. The molecule has 1 unspecified atom stereocenters. The molecule has 0 aliphatic carbocycles. The highest BCUT2D eigenvalue weighted by Gasteiger charge is 2.37. The van der Waals surface area contributed by atoms with E-state index in [1.807, 2.05) is 24.3 Å². The summed E-state index contributed by atoms with van der Waals surface area (Å²) in [6, 6.07) is 7.61. The first-order valence-corrected chi connectivity index (χ1v) is 10.1. The van der Waals surface area contributed by atoms with Crippen molar-refractivity contribution in [3.8, 4) is 0 Å². The molecule has 110 valence electrons. The molecule has 0 spiro atoms. The Morgan fingerprint density at radius 1 is 1.25 bits per heavy atom. The van der Waals surface area contributed by atoms with E-state index in [4.69, 9.17) is 9.16 Å². The van der Waals surface area contributed by atoms with Crippen LogP contribution in [0.1, 0.15) is 49.2 Å². The molecule has 0 bridgehead atoms. The summed E-state index contributed by atoms with van der Waals surface area (Å²) >= 11 is 0. The predicted molar refractivity (Wildman–Crippen MR) is 82.4 cm³/mol. The van der Waals surface area contributed by atoms with Crippen LogP contribution in [-0.4, -0.2) is 20.9 Å². The first kappa shape index (κ1) is 15.3. The molecule has 0 saturated carbocycles. The molecule has 1 aliphatic heterocycles. The molecule has 0 aromatic heterocycles. The molecule has 1 aromatic carbocycles. The number of esters is 1. The van der Waals surface area contributed by atoms with Gasteiger partial charge < -0.3 is 9.16 Å². The lowest BCUT2D eigenvalue weighted by Crippen LogP contribution is -2.41. The van der Waals surface area contributed by atoms with Gasteiger partial charge in [0.25, 0.3) is 0 Å². The molecule has 0 saturated heterocycles. The van der Waals surface area contributed by atoms with E-state index in [2.05, 4.69) is 33.9 Å². The number of fused-ring (bicyclic) bond motifs is 1. The van der Waals surface area contributed by atoms with Gasteiger partial charge in [-0.2, -0.15) is 0 Å². The minimum atomic E-state index is -1.73. The van der Waals surface area contributed by atoms with E-state index in [1.54, 1.807) is 0 Å². The average Bonchev–Trinajstić information content (AvgIpc) is 2.66. The molecule has 3 nitrogen and oxygen atoms in total. The van der Waals surface area contributed by atoms with Gasteiger partial charge in [0.05, 0.1) is 5.56 Å². The zero-order valence-corrected chi connectivity index (χ0v) is 14.0. The maximum atomic E-state index is 11.7. The summed E-state index contributed by atoms with van der Waals surface area (Å²) in [4.78, 5) is 11.7. The SMILES string of the molecule is CC(C)(C)[Si](C)(C)OCCC1OC(=O)c2ccccc21. The summed E-state index contributed by atoms with van der Waals surface area (Å²) in [5.74, 6) is -0.210. The number of hydrogen-bond acceptors (Lipinski definition) is 3. The molecule has 0 amide bonds. The number of benzene rings is 1. The van der Waals surface area contributed by atoms with Gasteiger partial charge in [-0.05, 0) is 24.2 Å². The Morgan fingerprint density at radius 3 is 2.55 bits per heavy atom. The number of cyclic esters (lactones) is 1. The van der Waals surface area contributed by atoms with Crippen molar-refractivity contribution >= 4 is 14.3 Å². The average molecular weight is 292 g/mol. The van der Waals surface area contributed by atoms with Crippen LogP contribution in [0.3, 0.4) is 0 Å². The minimum Gasteiger partial charge on any atom is -0.454 e. The molecule has 1 heterocycles. The summed E-state index contributed by atoms with van der Waals surface area (Å²) in [5.41, 5.74) is 1.70. The van der Waals surface area contributed by atoms with E-state index < -0.39 is 8.32 Å². The number of carbonyl (C=O) groups is 1. The number of carbonyl (C=O) groups excluding carboxylic acids is 1. The van der Waals surface area contributed by atoms with E-state index in [-0.39, 0.29) is 17.1 Å². The number of ether oxygens (including phenoxy) is 1. The van der Waals surface area contributed by atoms with Gasteiger partial charge in [0.2, 0.25) is 0 Å². The molecule has 0 fully saturated rings. The van der Waals surface area contributed by atoms with Crippen molar-refractivity contribution in [3.63, 3.8) is 0 Å². The second-order valence-electron chi connectivity index (χ2n) is 6.88. The number of hydrogen-bond donors (Lipinski definition) is 0. The van der Waals surface area contributed by atoms with E-state index in [1.165, 1.54) is 0 Å². The van der Waals surface area contributed by atoms with Crippen LogP contribution >= 0.6 is 0 Å². The van der Waals surface area contributed by atoms with Crippen LogP contribution in [-0.2, 0) is 9.16 Å². The van der Waals surface area contributed by atoms with Crippen molar-refractivity contribution in [1.29, 1.82) is 0 Å². The van der Waals surface area contributed by atoms with Crippen LogP contribution in [0.25, 0.3) is 0 Å². The molecule has 1 atom stereocenters. The largest absolute Gasteiger partial charge is 0.454 e. The maximum absolute atomic E-state index is 11.7. The highest BCUT2D eigenvalue weighted by atomic mass is 28.4. The molecule has 20 heavy (non-hydrogen) atoms. The van der Waals surface area contributed by atoms with Gasteiger partial charge in [0.15, 0.2) is 8.32 Å². The van der Waals surface area contributed by atoms with Crippen LogP contribution in [0.2, 0.25) is 18.1 Å². The van der Waals surface area contributed by atoms with Gasteiger partial charge in [-0.3, -0.25) is 0 Å². The lowest BCUT2D eigenvalue weighted by Gasteiger charge is -2.36. The smallest absolute Gasteiger partial charge is 0.339 e. The summed E-state index contributed by atoms with van der Waals surface area (Å²) in [5, 5.41) is 0.206. The Hall–Kier alpha value is -1.13. The fourth-order valence-electron chi connectivity index (χ4n) is 2.07. The molecule has 2 rings (SSSR count). The Kier molecular flexibility index (Phi) is 4.07. The first-order valence-electron chi connectivity index (χ1n) is 7.16. The highest BCUT2D eigenvalue weighted by molar-refractivity contribution is 6.74. The van der Waals surface area contributed by atoms with Crippen LogP contribution in [0.4, 0.5) is 0 Å². The fraction of sp³-hybridized carbons (Fsp3) is 0.562. The number of rotatable bonds is 4. The maximum Gasteiger partial charge on any atom is 0.339 e. The molecule has 1 aromatic rings. The third-order valence-electron chi connectivity index (χ3n) is 4.43. The predicted octanol–water partition coefficient (Wildman–Crippen LogP) is 4.31. The standard InChI is InChI=1S/C16H24O3Si/c1-16(2,3)20(4,5)18-11-10-14-12-8-6-7-9-13(12)15(17)19-14/h6-9,14H,10-11H2,1-5H3. The van der Waals surface area contributed by atoms with E-state index in [0.29, 0.717) is 12.2 Å². The summed E-state index contributed by atoms with van der Waals surface area (Å²) in [7, 11) is -1.73. The van der Waals surface area contributed by atoms with Gasteiger partial charge in [-0.25, -0.2) is 4.79 Å². The lowest BCUT2D eigenvalue weighted by molar-refractivity contribution is 0.0336. The van der Waals surface area contributed by atoms with E-state index >= 15 is 0 Å². The molecular weight excluding hydrogens is 268 g/mol. The molecule has 0 N–H and O–H groups in total. The normalized spacial score (nSPS) is 18.9. The zero-order chi connectivity index (χ0) is 15.0. The third kappa shape index (κ3) is 2.96. The Bertz CT molecular complexity index is 503. The van der Waals surface area contributed by atoms with Crippen LogP contribution in [0.5, 0.6) is 0 Å². The van der Waals surface area contributed by atoms with Crippen LogP contribution in [0, 0.1) is 0 Å². The molecule has 1 aliphatic rings. The monoisotopic (exact) mass is 292 g/mol. The Morgan fingerprint density at radius 2 is 1.90 bits per heavy atom. The van der Waals surface area contributed by atoms with E-state index in [9.17, 15) is 4.79 Å². The Balaban J connectivity index is 1.96. The van der Waals surface area contributed by atoms with Gasteiger partial charge in [0, 0.05) is 18.6 Å². The lowest BCUT2D eigenvalue weighted by atomic mass is 10.0. The highest BCUT2D eigenvalue weighted by Crippen LogP contribution is 2.38. The van der Waals surface area contributed by atoms with E-state index in [0.717, 1.165) is 12.0 Å². The summed E-state index contributed by atoms with van der Waals surface area (Å²) in [6.07, 6.45) is 0.582. The van der Waals surface area contributed by atoms with Crippen molar-refractivity contribution in [3.05, 3.63) is 35.4 Å². The van der Waals surface area contributed by atoms with Crippen molar-refractivity contribution in [2.24, 2.45) is 0 Å². The third-order valence-corrected chi connectivity index (χ3v) is 8.96. The quantitative estimate of drug-likeness (QED) is 0.613. The minimum absolute atomic E-state index is 0.150. The Labute approximate surface area is 122 Å². The van der Waals surface area contributed by atoms with Crippen LogP contribution < -0.4 is 0 Å². The molecule has 4 heteroatoms. The topological polar surface area (TPSA) is 35.5 Å². The van der Waals surface area contributed by atoms with Crippen molar-refractivity contribution in [2.45, 2.75) is 51.4 Å². The molecular formula is C16H24O3Si. The van der Waals surface area contributed by atoms with Crippen LogP contribution in [0.15, 0.2) is 24.3 Å². The van der Waals surface area contributed by atoms with Crippen molar-refractivity contribution < 1.29 is 14.0 Å². The van der Waals surface area contributed by atoms with Crippen molar-refractivity contribution in [1.82, 2.24) is 0 Å². The zero-order valence-electron chi connectivity index (χ0n) is 13.0. The van der Waals surface area contributed by atoms with Crippen molar-refractivity contribution in [2.75, 3.05) is 6.61 Å².